The molecule has 0 unspecified atom stereocenters. The Morgan fingerprint density at radius 1 is 1.45 bits per heavy atom. The van der Waals surface area contributed by atoms with Gasteiger partial charge >= 0.3 is 5.97 Å². The molecule has 2 N–H and O–H groups in total. The van der Waals surface area contributed by atoms with E-state index in [1.807, 2.05) is 6.07 Å². The molecule has 20 heavy (non-hydrogen) atoms. The third kappa shape index (κ3) is 4.33. The summed E-state index contributed by atoms with van der Waals surface area (Å²) in [6.45, 7) is 3.61. The maximum Gasteiger partial charge on any atom is 0.321 e. The first-order valence-corrected chi connectivity index (χ1v) is 7.50. The molecule has 1 aromatic rings. The van der Waals surface area contributed by atoms with Crippen LogP contribution in [-0.2, 0) is 14.8 Å². The molecule has 1 atom stereocenters. The average molecular weight is 296 g/mol. The van der Waals surface area contributed by atoms with Crippen LogP contribution in [0.15, 0.2) is 29.2 Å². The van der Waals surface area contributed by atoms with Gasteiger partial charge in [-0.1, -0.05) is 19.9 Å². The van der Waals surface area contributed by atoms with Gasteiger partial charge in [0, 0.05) is 0 Å². The molecule has 1 aromatic carbocycles. The Bertz CT molecular complexity index is 632. The van der Waals surface area contributed by atoms with Crippen LogP contribution in [0.1, 0.15) is 25.8 Å². The normalized spacial score (nSPS) is 12.9. The summed E-state index contributed by atoms with van der Waals surface area (Å²) in [5.74, 6) is -1.19. The SMILES string of the molecule is CC(C)C[C@@H](NS(=O)(=O)c1cccc(C#N)c1)C(=O)O. The lowest BCUT2D eigenvalue weighted by Crippen LogP contribution is -2.41. The van der Waals surface area contributed by atoms with Gasteiger partial charge in [-0.3, -0.25) is 4.79 Å². The standard InChI is InChI=1S/C13H16N2O4S/c1-9(2)6-12(13(16)17)15-20(18,19)11-5-3-4-10(7-11)8-14/h3-5,7,9,12,15H,6H2,1-2H3,(H,16,17)/t12-/m1/s1. The van der Waals surface area contributed by atoms with Crippen LogP contribution in [0.25, 0.3) is 0 Å². The van der Waals surface area contributed by atoms with Crippen LogP contribution in [0.3, 0.4) is 0 Å². The Morgan fingerprint density at radius 3 is 2.60 bits per heavy atom. The van der Waals surface area contributed by atoms with Crippen LogP contribution in [0, 0.1) is 17.2 Å². The summed E-state index contributed by atoms with van der Waals surface area (Å²) in [5, 5.41) is 17.8. The second-order valence-corrected chi connectivity index (χ2v) is 6.50. The molecule has 0 saturated heterocycles. The molecule has 0 aliphatic rings. The first-order chi connectivity index (χ1) is 9.26. The molecular weight excluding hydrogens is 280 g/mol. The van der Waals surface area contributed by atoms with Gasteiger partial charge in [0.05, 0.1) is 16.5 Å². The molecule has 0 heterocycles. The van der Waals surface area contributed by atoms with E-state index in [0.29, 0.717) is 0 Å². The van der Waals surface area contributed by atoms with Crippen molar-refractivity contribution in [3.05, 3.63) is 29.8 Å². The number of nitrogens with zero attached hydrogens (tertiary/aromatic N) is 1. The van der Waals surface area contributed by atoms with E-state index in [1.54, 1.807) is 13.8 Å². The Balaban J connectivity index is 3.03. The van der Waals surface area contributed by atoms with E-state index in [9.17, 15) is 13.2 Å². The van der Waals surface area contributed by atoms with E-state index in [4.69, 9.17) is 10.4 Å². The van der Waals surface area contributed by atoms with Crippen LogP contribution in [0.2, 0.25) is 0 Å². The molecule has 0 saturated carbocycles. The minimum atomic E-state index is -3.96. The van der Waals surface area contributed by atoms with E-state index >= 15 is 0 Å². The number of rotatable bonds is 6. The van der Waals surface area contributed by atoms with E-state index < -0.39 is 22.0 Å². The quantitative estimate of drug-likeness (QED) is 0.823. The predicted octanol–water partition coefficient (Wildman–Crippen LogP) is 1.34. The summed E-state index contributed by atoms with van der Waals surface area (Å²) in [5.41, 5.74) is 0.198. The lowest BCUT2D eigenvalue weighted by molar-refractivity contribution is -0.139. The van der Waals surface area contributed by atoms with Gasteiger partial charge in [-0.15, -0.1) is 0 Å². The number of hydrogen-bond acceptors (Lipinski definition) is 4. The third-order valence-electron chi connectivity index (χ3n) is 2.58. The number of aliphatic carboxylic acids is 1. The molecule has 6 nitrogen and oxygen atoms in total. The van der Waals surface area contributed by atoms with Crippen LogP contribution >= 0.6 is 0 Å². The molecule has 0 aromatic heterocycles. The predicted molar refractivity (Wildman–Crippen MR) is 72.4 cm³/mol. The number of sulfonamides is 1. The van der Waals surface area contributed by atoms with Gasteiger partial charge < -0.3 is 5.11 Å². The summed E-state index contributed by atoms with van der Waals surface area (Å²) >= 11 is 0. The van der Waals surface area contributed by atoms with Crippen molar-refractivity contribution >= 4 is 16.0 Å². The van der Waals surface area contributed by atoms with E-state index in [0.717, 1.165) is 0 Å². The van der Waals surface area contributed by atoms with E-state index in [2.05, 4.69) is 4.72 Å². The number of nitriles is 1. The first kappa shape index (κ1) is 16.1. The molecule has 108 valence electrons. The number of carboxylic acid groups (broad SMARTS) is 1. The van der Waals surface area contributed by atoms with Gasteiger partial charge in [0.1, 0.15) is 6.04 Å². The Hall–Kier alpha value is -1.91. The van der Waals surface area contributed by atoms with Crippen LogP contribution in [0.5, 0.6) is 0 Å². The number of benzene rings is 1. The number of hydrogen-bond donors (Lipinski definition) is 2. The highest BCUT2D eigenvalue weighted by Gasteiger charge is 2.26. The van der Waals surface area contributed by atoms with Crippen LogP contribution < -0.4 is 4.72 Å². The summed E-state index contributed by atoms with van der Waals surface area (Å²) in [6, 6.07) is 6.08. The van der Waals surface area contributed by atoms with Crippen LogP contribution in [-0.4, -0.2) is 25.5 Å². The van der Waals surface area contributed by atoms with Crippen molar-refractivity contribution in [2.75, 3.05) is 0 Å². The van der Waals surface area contributed by atoms with Crippen molar-refractivity contribution in [3.8, 4) is 6.07 Å². The molecule has 0 spiro atoms. The molecule has 0 aliphatic carbocycles. The molecule has 0 bridgehead atoms. The highest BCUT2D eigenvalue weighted by molar-refractivity contribution is 7.89. The Morgan fingerprint density at radius 2 is 2.10 bits per heavy atom. The maximum atomic E-state index is 12.1. The van der Waals surface area contributed by atoms with Gasteiger partial charge in [0.15, 0.2) is 0 Å². The van der Waals surface area contributed by atoms with Crippen molar-refractivity contribution in [2.24, 2.45) is 5.92 Å². The lowest BCUT2D eigenvalue weighted by atomic mass is 10.1. The topological polar surface area (TPSA) is 107 Å². The third-order valence-corrected chi connectivity index (χ3v) is 4.05. The Labute approximate surface area is 118 Å². The monoisotopic (exact) mass is 296 g/mol. The highest BCUT2D eigenvalue weighted by Crippen LogP contribution is 2.13. The Kier molecular flexibility index (Phi) is 5.25. The average Bonchev–Trinajstić information content (AvgIpc) is 2.37. The van der Waals surface area contributed by atoms with Crippen molar-refractivity contribution in [2.45, 2.75) is 31.2 Å². The van der Waals surface area contributed by atoms with Gasteiger partial charge in [-0.05, 0) is 30.5 Å². The number of nitrogens with one attached hydrogen (secondary N) is 1. The van der Waals surface area contributed by atoms with E-state index in [1.165, 1.54) is 24.3 Å². The zero-order chi connectivity index (χ0) is 15.3. The minimum absolute atomic E-state index is 0.0317. The van der Waals surface area contributed by atoms with Crippen molar-refractivity contribution < 1.29 is 18.3 Å². The first-order valence-electron chi connectivity index (χ1n) is 6.01. The number of carbonyl (C=O) groups is 1. The summed E-state index contributed by atoms with van der Waals surface area (Å²) in [4.78, 5) is 11.0. The lowest BCUT2D eigenvalue weighted by Gasteiger charge is -2.16. The molecule has 1 rings (SSSR count). The smallest absolute Gasteiger partial charge is 0.321 e. The van der Waals surface area contributed by atoms with Gasteiger partial charge in [0.25, 0.3) is 0 Å². The molecular formula is C13H16N2O4S. The summed E-state index contributed by atoms with van der Waals surface area (Å²) in [7, 11) is -3.96. The zero-order valence-corrected chi connectivity index (χ0v) is 12.0. The van der Waals surface area contributed by atoms with Crippen molar-refractivity contribution in [3.63, 3.8) is 0 Å². The molecule has 0 aliphatic heterocycles. The zero-order valence-electron chi connectivity index (χ0n) is 11.2. The molecule has 0 fully saturated rings. The van der Waals surface area contributed by atoms with Crippen molar-refractivity contribution in [1.29, 1.82) is 5.26 Å². The summed E-state index contributed by atoms with van der Waals surface area (Å²) < 4.78 is 26.4. The largest absolute Gasteiger partial charge is 0.480 e. The van der Waals surface area contributed by atoms with E-state index in [-0.39, 0.29) is 22.8 Å². The van der Waals surface area contributed by atoms with Gasteiger partial charge in [0.2, 0.25) is 10.0 Å². The second-order valence-electron chi connectivity index (χ2n) is 4.78. The van der Waals surface area contributed by atoms with Crippen molar-refractivity contribution in [1.82, 2.24) is 4.72 Å². The molecule has 7 heteroatoms. The molecule has 0 amide bonds. The van der Waals surface area contributed by atoms with Gasteiger partial charge in [-0.2, -0.15) is 9.98 Å². The second kappa shape index (κ2) is 6.50. The fourth-order valence-corrected chi connectivity index (χ4v) is 2.91. The van der Waals surface area contributed by atoms with Crippen LogP contribution in [0.4, 0.5) is 0 Å². The fourth-order valence-electron chi connectivity index (χ4n) is 1.66. The summed E-state index contributed by atoms with van der Waals surface area (Å²) in [6.07, 6.45) is 0.187. The molecule has 0 radical (unpaired) electrons. The van der Waals surface area contributed by atoms with Gasteiger partial charge in [-0.25, -0.2) is 8.42 Å². The minimum Gasteiger partial charge on any atom is -0.480 e. The number of carboxylic acids is 1. The highest BCUT2D eigenvalue weighted by atomic mass is 32.2. The fraction of sp³-hybridized carbons (Fsp3) is 0.385. The maximum absolute atomic E-state index is 12.1.